The predicted octanol–water partition coefficient (Wildman–Crippen LogP) is 3.58. The van der Waals surface area contributed by atoms with E-state index < -0.39 is 23.6 Å². The maximum Gasteiger partial charge on any atom is 0.338 e. The number of nitrogens with zero attached hydrogens (tertiary/aromatic N) is 6. The first kappa shape index (κ1) is 35.1. The molecule has 3 atom stereocenters. The zero-order valence-corrected chi connectivity index (χ0v) is 29.6. The molecule has 4 aliphatic rings. The average molecular weight is 739 g/mol. The highest BCUT2D eigenvalue weighted by Crippen LogP contribution is 2.37. The minimum absolute atomic E-state index is 0.0767. The number of hydrogen-bond acceptors (Lipinski definition) is 11. The number of ketones is 1. The number of benzene rings is 2. The van der Waals surface area contributed by atoms with E-state index in [0.29, 0.717) is 67.9 Å². The van der Waals surface area contributed by atoms with Crippen LogP contribution >= 0.6 is 22.9 Å². The van der Waals surface area contributed by atoms with Gasteiger partial charge in [-0.1, -0.05) is 23.7 Å². The molecule has 0 bridgehead atoms. The number of carbonyl (C=O) groups is 3. The van der Waals surface area contributed by atoms with Gasteiger partial charge in [0.15, 0.2) is 10.8 Å². The number of aliphatic imine (C=N–C) groups is 1. The molecule has 0 saturated carbocycles. The number of amidine groups is 1. The number of urea groups is 1. The molecule has 1 unspecified atom stereocenters. The normalized spacial score (nSPS) is 22.9. The number of hydrogen-bond donors (Lipinski definition) is 2. The van der Waals surface area contributed by atoms with Crippen molar-refractivity contribution < 1.29 is 27.9 Å². The summed E-state index contributed by atoms with van der Waals surface area (Å²) in [6.07, 6.45) is 1.65. The number of Topliss-reactive ketones (excluding diaryl/α,β-unsaturated/α-hetero) is 1. The van der Waals surface area contributed by atoms with Crippen LogP contribution in [0.15, 0.2) is 64.2 Å². The largest absolute Gasteiger partial charge is 0.466 e. The Morgan fingerprint density at radius 2 is 1.88 bits per heavy atom. The summed E-state index contributed by atoms with van der Waals surface area (Å²) < 4.78 is 34.9. The second-order valence-corrected chi connectivity index (χ2v) is 14.3. The number of aromatic nitrogens is 1. The van der Waals surface area contributed by atoms with Crippen molar-refractivity contribution in [3.05, 3.63) is 92.0 Å². The Balaban J connectivity index is 1.09. The lowest BCUT2D eigenvalue weighted by molar-refractivity contribution is -0.136. The van der Waals surface area contributed by atoms with Crippen molar-refractivity contribution in [2.24, 2.45) is 4.99 Å². The molecular weight excluding hydrogens is 702 g/mol. The summed E-state index contributed by atoms with van der Waals surface area (Å²) in [4.78, 5) is 55.5. The van der Waals surface area contributed by atoms with Gasteiger partial charge in [-0.05, 0) is 36.8 Å². The van der Waals surface area contributed by atoms with E-state index >= 15 is 4.39 Å². The van der Waals surface area contributed by atoms with Crippen molar-refractivity contribution in [2.75, 3.05) is 64.4 Å². The first-order valence-corrected chi connectivity index (χ1v) is 17.9. The van der Waals surface area contributed by atoms with Crippen LogP contribution in [0.4, 0.5) is 19.3 Å². The number of rotatable bonds is 9. The third-order valence-corrected chi connectivity index (χ3v) is 10.8. The zero-order chi connectivity index (χ0) is 35.8. The Bertz CT molecular complexity index is 1910. The molecule has 0 spiro atoms. The van der Waals surface area contributed by atoms with Crippen molar-refractivity contribution in [1.29, 1.82) is 0 Å². The van der Waals surface area contributed by atoms with Crippen molar-refractivity contribution in [3.8, 4) is 0 Å². The molecule has 2 aromatic carbocycles. The number of carbonyl (C=O) groups excluding carboxylic acids is 3. The Hall–Kier alpha value is -4.28. The molecular formula is C35H37ClF2N8O4S. The summed E-state index contributed by atoms with van der Waals surface area (Å²) in [6, 6.07) is 7.31. The summed E-state index contributed by atoms with van der Waals surface area (Å²) in [6.45, 7) is 5.99. The Morgan fingerprint density at radius 3 is 2.61 bits per heavy atom. The number of fused-ring (bicyclic) bond motifs is 1. The van der Waals surface area contributed by atoms with Crippen molar-refractivity contribution in [1.82, 2.24) is 30.3 Å². The SMILES string of the molecule is COC(=O)C1=C(CN2CCN3C(=O)N(c4ccc(CN5CCNC(C(C)=O)C5)cc4F)C[C@@H]3C2)NC(c2nccs2)=N[C@H]1c1ccc(F)cc1Cl. The Labute approximate surface area is 302 Å². The highest BCUT2D eigenvalue weighted by Gasteiger charge is 2.43. The monoisotopic (exact) mass is 738 g/mol. The fourth-order valence-electron chi connectivity index (χ4n) is 7.16. The van der Waals surface area contributed by atoms with Gasteiger partial charge >= 0.3 is 12.0 Å². The van der Waals surface area contributed by atoms with Crippen LogP contribution in [0.5, 0.6) is 0 Å². The van der Waals surface area contributed by atoms with Gasteiger partial charge in [-0.2, -0.15) is 0 Å². The minimum Gasteiger partial charge on any atom is -0.466 e. The number of amides is 2. The van der Waals surface area contributed by atoms with Gasteiger partial charge in [-0.25, -0.2) is 23.4 Å². The van der Waals surface area contributed by atoms with Crippen molar-refractivity contribution >= 4 is 52.2 Å². The van der Waals surface area contributed by atoms with Gasteiger partial charge < -0.3 is 20.3 Å². The lowest BCUT2D eigenvalue weighted by Gasteiger charge is -2.38. The van der Waals surface area contributed by atoms with E-state index in [1.165, 1.54) is 47.6 Å². The Morgan fingerprint density at radius 1 is 1.06 bits per heavy atom. The van der Waals surface area contributed by atoms with E-state index in [1.54, 1.807) is 24.1 Å². The second-order valence-electron chi connectivity index (χ2n) is 13.0. The molecule has 16 heteroatoms. The third-order valence-electron chi connectivity index (χ3n) is 9.70. The quantitative estimate of drug-likeness (QED) is 0.318. The van der Waals surface area contributed by atoms with Crippen LogP contribution in [-0.4, -0.2) is 115 Å². The van der Waals surface area contributed by atoms with Crippen LogP contribution in [-0.2, 0) is 20.9 Å². The van der Waals surface area contributed by atoms with Crippen LogP contribution in [0.25, 0.3) is 0 Å². The molecule has 0 aliphatic carbocycles. The number of nitrogens with one attached hydrogen (secondary N) is 2. The van der Waals surface area contributed by atoms with E-state index in [1.807, 2.05) is 11.4 Å². The smallest absolute Gasteiger partial charge is 0.338 e. The van der Waals surface area contributed by atoms with E-state index in [-0.39, 0.29) is 46.7 Å². The summed E-state index contributed by atoms with van der Waals surface area (Å²) in [5.41, 5.74) is 2.20. The maximum atomic E-state index is 15.6. The maximum absolute atomic E-state index is 15.6. The molecule has 12 nitrogen and oxygen atoms in total. The summed E-state index contributed by atoms with van der Waals surface area (Å²) >= 11 is 7.87. The summed E-state index contributed by atoms with van der Waals surface area (Å²) in [5.74, 6) is -1.09. The average Bonchev–Trinajstić information content (AvgIpc) is 3.76. The number of halogens is 3. The van der Waals surface area contributed by atoms with Gasteiger partial charge in [0.05, 0.1) is 30.5 Å². The fraction of sp³-hybridized carbons (Fsp3) is 0.400. The number of anilines is 1. The topological polar surface area (TPSA) is 123 Å². The molecule has 2 amide bonds. The minimum atomic E-state index is -0.890. The van der Waals surface area contributed by atoms with Crippen LogP contribution in [0, 0.1) is 11.6 Å². The van der Waals surface area contributed by atoms with Gasteiger partial charge in [0, 0.05) is 86.8 Å². The van der Waals surface area contributed by atoms with E-state index in [9.17, 15) is 18.8 Å². The van der Waals surface area contributed by atoms with Gasteiger partial charge in [0.1, 0.15) is 23.5 Å². The van der Waals surface area contributed by atoms with Gasteiger partial charge in [0.25, 0.3) is 0 Å². The number of methoxy groups -OCH3 is 1. The molecule has 3 saturated heterocycles. The molecule has 2 N–H and O–H groups in total. The van der Waals surface area contributed by atoms with E-state index in [4.69, 9.17) is 21.3 Å². The standard InChI is InChI=1S/C35H37ClF2N8O4S/c1-20(47)27-18-43(9-7-39-27)15-21-3-6-29(26(38)13-21)46-17-23-16-44(10-11-45(23)35(46)49)19-28-30(34(48)50-2)31(24-5-4-22(37)14-25(24)36)42-32(41-28)33-40-8-12-51-33/h3-6,8,12-14,23,27,31,39H,7,9-11,15-19H2,1-2H3,(H,41,42)/t23-,27?,31-/m0/s1. The number of esters is 1. The summed E-state index contributed by atoms with van der Waals surface area (Å²) in [5, 5.41) is 9.05. The molecule has 7 rings (SSSR count). The first-order chi connectivity index (χ1) is 24.6. The van der Waals surface area contributed by atoms with Gasteiger partial charge in [0.2, 0.25) is 0 Å². The van der Waals surface area contributed by atoms with Gasteiger partial charge in [-0.3, -0.25) is 24.5 Å². The number of piperazine rings is 2. The lowest BCUT2D eigenvalue weighted by Crippen LogP contribution is -2.53. The van der Waals surface area contributed by atoms with Crippen molar-refractivity contribution in [2.45, 2.75) is 31.6 Å². The fourth-order valence-corrected chi connectivity index (χ4v) is 8.02. The Kier molecular flexibility index (Phi) is 10.2. The zero-order valence-electron chi connectivity index (χ0n) is 28.1. The lowest BCUT2D eigenvalue weighted by atomic mass is 9.95. The molecule has 268 valence electrons. The van der Waals surface area contributed by atoms with Gasteiger partial charge in [-0.15, -0.1) is 11.3 Å². The van der Waals surface area contributed by atoms with E-state index in [0.717, 1.165) is 12.1 Å². The molecule has 3 aromatic rings. The molecule has 1 aromatic heterocycles. The molecule has 5 heterocycles. The molecule has 3 fully saturated rings. The summed E-state index contributed by atoms with van der Waals surface area (Å²) in [7, 11) is 1.29. The first-order valence-electron chi connectivity index (χ1n) is 16.7. The van der Waals surface area contributed by atoms with E-state index in [2.05, 4.69) is 25.4 Å². The molecule has 0 radical (unpaired) electrons. The third kappa shape index (κ3) is 7.26. The number of ether oxygens (including phenoxy) is 1. The number of thiazole rings is 1. The van der Waals surface area contributed by atoms with Crippen molar-refractivity contribution in [3.63, 3.8) is 0 Å². The predicted molar refractivity (Wildman–Crippen MR) is 189 cm³/mol. The highest BCUT2D eigenvalue weighted by atomic mass is 35.5. The van der Waals surface area contributed by atoms with Crippen LogP contribution in [0.3, 0.4) is 0 Å². The second kappa shape index (κ2) is 14.8. The molecule has 4 aliphatic heterocycles. The highest BCUT2D eigenvalue weighted by molar-refractivity contribution is 7.11. The van der Waals surface area contributed by atoms with Crippen LogP contribution in [0.2, 0.25) is 5.02 Å². The van der Waals surface area contributed by atoms with Crippen LogP contribution in [0.1, 0.15) is 29.1 Å². The van der Waals surface area contributed by atoms with Crippen LogP contribution < -0.4 is 15.5 Å². The molecule has 51 heavy (non-hydrogen) atoms.